The molecule has 0 saturated heterocycles. The average Bonchev–Trinajstić information content (AvgIpc) is 3.25. The van der Waals surface area contributed by atoms with Crippen LogP contribution in [-0.2, 0) is 15.9 Å². The van der Waals surface area contributed by atoms with Crippen LogP contribution in [0, 0.1) is 5.41 Å². The molecule has 3 aliphatic carbocycles. The molecule has 43 heavy (non-hydrogen) atoms. The highest BCUT2D eigenvalue weighted by Crippen LogP contribution is 2.59. The molecule has 0 heterocycles. The van der Waals surface area contributed by atoms with E-state index >= 15 is 0 Å². The van der Waals surface area contributed by atoms with Gasteiger partial charge in [0.05, 0.1) is 24.9 Å². The van der Waals surface area contributed by atoms with Crippen molar-refractivity contribution in [3.63, 3.8) is 0 Å². The third-order valence-electron chi connectivity index (χ3n) is 9.71. The van der Waals surface area contributed by atoms with Crippen LogP contribution in [0.15, 0.2) is 60.2 Å². The molecule has 5 rings (SSSR count). The van der Waals surface area contributed by atoms with Gasteiger partial charge in [-0.05, 0) is 88.3 Å². The fourth-order valence-corrected chi connectivity index (χ4v) is 7.11. The Labute approximate surface area is 256 Å². The summed E-state index contributed by atoms with van der Waals surface area (Å²) >= 11 is 0. The number of hydrogen-bond acceptors (Lipinski definition) is 6. The van der Waals surface area contributed by atoms with Gasteiger partial charge in [-0.1, -0.05) is 61.0 Å². The van der Waals surface area contributed by atoms with Crippen molar-refractivity contribution in [1.29, 1.82) is 0 Å². The van der Waals surface area contributed by atoms with Crippen molar-refractivity contribution >= 4 is 11.9 Å². The number of amides is 1. The molecule has 0 radical (unpaired) electrons. The van der Waals surface area contributed by atoms with Gasteiger partial charge in [0.25, 0.3) is 0 Å². The summed E-state index contributed by atoms with van der Waals surface area (Å²) in [5.74, 6) is -0.168. The van der Waals surface area contributed by atoms with Gasteiger partial charge in [0.2, 0.25) is 0 Å². The minimum absolute atomic E-state index is 0.0553. The molecule has 4 atom stereocenters. The number of aliphatic hydroxyl groups excluding tert-OH is 1. The molecule has 0 aliphatic heterocycles. The molecule has 0 aromatic heterocycles. The highest BCUT2D eigenvalue weighted by atomic mass is 16.6. The standard InChI is InChI=1S/C36H49NO6/c1-5-43-34(40)37(21-10-22-42-4)25-36(41)20-18-32-30-17-15-27(24-31(30)33(39)28-12-7-6-8-13-28)23-29(38)16-14-26(2)11-9-19-35(32,36)3/h6-8,11-13,15,17,24,29,32,38,41H,5,9-10,14,16,18-23,25H2,1-4H3/t29-,32-,35-,36+/m0/s1. The lowest BCUT2D eigenvalue weighted by atomic mass is 9.64. The van der Waals surface area contributed by atoms with Crippen molar-refractivity contribution in [1.82, 2.24) is 4.90 Å². The number of aliphatic hydroxyl groups is 2. The molecule has 2 aromatic carbocycles. The lowest BCUT2D eigenvalue weighted by molar-refractivity contribution is -0.0814. The second-order valence-electron chi connectivity index (χ2n) is 12.6. The number of ether oxygens (including phenoxy) is 2. The molecule has 2 aromatic rings. The Bertz CT molecular complexity index is 1280. The summed E-state index contributed by atoms with van der Waals surface area (Å²) < 4.78 is 10.6. The molecule has 1 amide bonds. The van der Waals surface area contributed by atoms with Crippen LogP contribution in [-0.4, -0.2) is 72.1 Å². The number of ketones is 1. The van der Waals surface area contributed by atoms with E-state index in [9.17, 15) is 19.8 Å². The third-order valence-corrected chi connectivity index (χ3v) is 9.71. The number of hydrogen-bond donors (Lipinski definition) is 2. The summed E-state index contributed by atoms with van der Waals surface area (Å²) in [6.07, 6.45) is 6.45. The zero-order chi connectivity index (χ0) is 31.0. The largest absolute Gasteiger partial charge is 0.450 e. The fourth-order valence-electron chi connectivity index (χ4n) is 7.11. The summed E-state index contributed by atoms with van der Waals surface area (Å²) in [5, 5.41) is 23.4. The fraction of sp³-hybridized carbons (Fsp3) is 0.556. The number of rotatable bonds is 9. The number of methoxy groups -OCH3 is 1. The van der Waals surface area contributed by atoms with E-state index in [1.165, 1.54) is 5.57 Å². The van der Waals surface area contributed by atoms with Gasteiger partial charge in [0.1, 0.15) is 0 Å². The molecule has 2 bridgehead atoms. The molecule has 2 N–H and O–H groups in total. The first kappa shape index (κ1) is 32.9. The quantitative estimate of drug-likeness (QED) is 0.198. The van der Waals surface area contributed by atoms with Crippen LogP contribution in [0.1, 0.15) is 98.7 Å². The first-order valence-corrected chi connectivity index (χ1v) is 15.8. The van der Waals surface area contributed by atoms with Crippen LogP contribution in [0.5, 0.6) is 0 Å². The van der Waals surface area contributed by atoms with E-state index in [1.807, 2.05) is 48.5 Å². The third kappa shape index (κ3) is 7.57. The van der Waals surface area contributed by atoms with Crippen LogP contribution in [0.2, 0.25) is 0 Å². The first-order valence-electron chi connectivity index (χ1n) is 15.8. The predicted molar refractivity (Wildman–Crippen MR) is 168 cm³/mol. The van der Waals surface area contributed by atoms with Crippen LogP contribution in [0.4, 0.5) is 4.79 Å². The molecule has 1 saturated carbocycles. The maximum absolute atomic E-state index is 14.0. The Morgan fingerprint density at radius 1 is 1.09 bits per heavy atom. The van der Waals surface area contributed by atoms with Crippen molar-refractivity contribution < 1.29 is 29.3 Å². The Morgan fingerprint density at radius 2 is 1.86 bits per heavy atom. The second-order valence-corrected chi connectivity index (χ2v) is 12.6. The van der Waals surface area contributed by atoms with Crippen LogP contribution in [0.25, 0.3) is 0 Å². The van der Waals surface area contributed by atoms with Gasteiger partial charge in [0.15, 0.2) is 5.78 Å². The van der Waals surface area contributed by atoms with E-state index in [1.54, 1.807) is 18.9 Å². The van der Waals surface area contributed by atoms with Gasteiger partial charge in [0, 0.05) is 36.8 Å². The normalized spacial score (nSPS) is 25.9. The zero-order valence-electron chi connectivity index (χ0n) is 26.3. The van der Waals surface area contributed by atoms with Crippen molar-refractivity contribution in [3.05, 3.63) is 82.4 Å². The van der Waals surface area contributed by atoms with E-state index in [0.29, 0.717) is 62.8 Å². The van der Waals surface area contributed by atoms with Crippen molar-refractivity contribution in [2.24, 2.45) is 5.41 Å². The summed E-state index contributed by atoms with van der Waals surface area (Å²) in [4.78, 5) is 28.7. The highest BCUT2D eigenvalue weighted by molar-refractivity contribution is 6.10. The maximum Gasteiger partial charge on any atom is 0.409 e. The molecule has 234 valence electrons. The van der Waals surface area contributed by atoms with Gasteiger partial charge in [-0.15, -0.1) is 0 Å². The summed E-state index contributed by atoms with van der Waals surface area (Å²) in [7, 11) is 1.63. The molecular weight excluding hydrogens is 542 g/mol. The Morgan fingerprint density at radius 3 is 2.58 bits per heavy atom. The predicted octanol–water partition coefficient (Wildman–Crippen LogP) is 6.45. The number of fused-ring (bicyclic) bond motifs is 8. The van der Waals surface area contributed by atoms with Crippen molar-refractivity contribution in [2.75, 3.05) is 33.4 Å². The Hall–Kier alpha value is -3.00. The van der Waals surface area contributed by atoms with Crippen LogP contribution in [0.3, 0.4) is 0 Å². The van der Waals surface area contributed by atoms with E-state index in [2.05, 4.69) is 19.9 Å². The number of carbonyl (C=O) groups is 2. The van der Waals surface area contributed by atoms with Gasteiger partial charge < -0.3 is 24.6 Å². The molecule has 0 unspecified atom stereocenters. The van der Waals surface area contributed by atoms with Crippen molar-refractivity contribution in [3.8, 4) is 0 Å². The van der Waals surface area contributed by atoms with E-state index in [-0.39, 0.29) is 24.9 Å². The average molecular weight is 592 g/mol. The summed E-state index contributed by atoms with van der Waals surface area (Å²) in [5.41, 5.74) is 2.48. The lowest BCUT2D eigenvalue weighted by Gasteiger charge is -2.46. The second kappa shape index (κ2) is 14.7. The minimum Gasteiger partial charge on any atom is -0.450 e. The van der Waals surface area contributed by atoms with E-state index < -0.39 is 23.2 Å². The van der Waals surface area contributed by atoms with Gasteiger partial charge in [-0.25, -0.2) is 4.79 Å². The number of allylic oxidation sites excluding steroid dienone is 2. The van der Waals surface area contributed by atoms with Crippen LogP contribution >= 0.6 is 0 Å². The van der Waals surface area contributed by atoms with Gasteiger partial charge in [-0.2, -0.15) is 0 Å². The minimum atomic E-state index is -1.20. The van der Waals surface area contributed by atoms with Crippen molar-refractivity contribution in [2.45, 2.75) is 89.8 Å². The van der Waals surface area contributed by atoms with Gasteiger partial charge in [-0.3, -0.25) is 4.79 Å². The molecule has 0 spiro atoms. The summed E-state index contributed by atoms with van der Waals surface area (Å²) in [6.45, 7) is 7.35. The number of carbonyl (C=O) groups excluding carboxylic acids is 2. The maximum atomic E-state index is 14.0. The Balaban J connectivity index is 1.80. The highest BCUT2D eigenvalue weighted by Gasteiger charge is 2.57. The topological polar surface area (TPSA) is 96.3 Å². The first-order chi connectivity index (χ1) is 20.6. The summed E-state index contributed by atoms with van der Waals surface area (Å²) in [6, 6.07) is 15.3. The molecule has 7 nitrogen and oxygen atoms in total. The molecular formula is C36H49NO6. The SMILES string of the molecule is CCOC(=O)N(CCCOC)C[C@]1(O)CC[C@H]2c3ccc(cc3C(=O)c3ccccc3)C[C@@H](O)CCC(C)=CCC[C@@]21C. The van der Waals surface area contributed by atoms with E-state index in [4.69, 9.17) is 9.47 Å². The smallest absolute Gasteiger partial charge is 0.409 e. The van der Waals surface area contributed by atoms with E-state index in [0.717, 1.165) is 24.0 Å². The molecule has 7 heteroatoms. The van der Waals surface area contributed by atoms with Crippen LogP contribution < -0.4 is 0 Å². The monoisotopic (exact) mass is 591 g/mol. The molecule has 1 fully saturated rings. The van der Waals surface area contributed by atoms with Gasteiger partial charge >= 0.3 is 6.09 Å². The zero-order valence-corrected chi connectivity index (χ0v) is 26.3. The number of nitrogens with zero attached hydrogens (tertiary/aromatic N) is 1. The lowest BCUT2D eigenvalue weighted by Crippen LogP contribution is -2.54. The number of benzene rings is 2. The Kier molecular flexibility index (Phi) is 11.2. The molecule has 3 aliphatic rings.